The minimum absolute atomic E-state index is 0.00978. The largest absolute Gasteiger partial charge is 0.478 e. The summed E-state index contributed by atoms with van der Waals surface area (Å²) in [4.78, 5) is 25.0. The van der Waals surface area contributed by atoms with E-state index >= 15 is 0 Å². The van der Waals surface area contributed by atoms with Crippen LogP contribution in [0.3, 0.4) is 0 Å². The van der Waals surface area contributed by atoms with Gasteiger partial charge in [-0.2, -0.15) is 0 Å². The topological polar surface area (TPSA) is 63.6 Å². The highest BCUT2D eigenvalue weighted by molar-refractivity contribution is 5.96. The molecule has 1 N–H and O–H groups in total. The summed E-state index contributed by atoms with van der Waals surface area (Å²) < 4.78 is 6.00. The zero-order valence-corrected chi connectivity index (χ0v) is 16.2. The number of hydrogen-bond donors (Lipinski definition) is 1. The Kier molecular flexibility index (Phi) is 4.96. The van der Waals surface area contributed by atoms with Crippen LogP contribution in [0.1, 0.15) is 54.1 Å². The summed E-state index contributed by atoms with van der Waals surface area (Å²) in [5.41, 5.74) is 2.12. The molecule has 2 aromatic rings. The molecule has 0 aromatic heterocycles. The van der Waals surface area contributed by atoms with E-state index < -0.39 is 11.6 Å². The fourth-order valence-corrected chi connectivity index (χ4v) is 4.87. The predicted octanol–water partition coefficient (Wildman–Crippen LogP) is 4.70. The van der Waals surface area contributed by atoms with E-state index in [0.29, 0.717) is 25.0 Å². The van der Waals surface area contributed by atoms with Gasteiger partial charge < -0.3 is 9.84 Å². The SMILES string of the molecule is CC1CC(CC(=O)c2ccc3c(c2)CCC3)CC1(Oc1ccccc1)C(=O)O. The molecule has 4 heteroatoms. The number of carboxylic acid groups (broad SMARTS) is 1. The molecule has 0 aliphatic heterocycles. The number of carbonyl (C=O) groups excluding carboxylic acids is 1. The van der Waals surface area contributed by atoms with Crippen molar-refractivity contribution < 1.29 is 19.4 Å². The van der Waals surface area contributed by atoms with Gasteiger partial charge in [-0.15, -0.1) is 0 Å². The summed E-state index contributed by atoms with van der Waals surface area (Å²) in [6.07, 6.45) is 4.71. The minimum Gasteiger partial charge on any atom is -0.478 e. The second-order valence-corrected chi connectivity index (χ2v) is 8.28. The van der Waals surface area contributed by atoms with Gasteiger partial charge in [0.25, 0.3) is 0 Å². The van der Waals surface area contributed by atoms with Crippen molar-refractivity contribution in [3.63, 3.8) is 0 Å². The summed E-state index contributed by atoms with van der Waals surface area (Å²) in [6, 6.07) is 15.1. The maximum absolute atomic E-state index is 12.9. The number of ether oxygens (including phenoxy) is 1. The van der Waals surface area contributed by atoms with E-state index in [1.54, 1.807) is 12.1 Å². The van der Waals surface area contributed by atoms with E-state index in [1.807, 2.05) is 37.3 Å². The highest BCUT2D eigenvalue weighted by Crippen LogP contribution is 2.44. The third kappa shape index (κ3) is 3.44. The lowest BCUT2D eigenvalue weighted by atomic mass is 9.91. The van der Waals surface area contributed by atoms with Crippen LogP contribution in [0.2, 0.25) is 0 Å². The Balaban J connectivity index is 1.49. The number of carboxylic acids is 1. The molecule has 2 aromatic carbocycles. The Hall–Kier alpha value is -2.62. The van der Waals surface area contributed by atoms with Crippen LogP contribution in [0.25, 0.3) is 0 Å². The van der Waals surface area contributed by atoms with Gasteiger partial charge in [-0.1, -0.05) is 37.3 Å². The molecule has 0 spiro atoms. The molecule has 4 rings (SSSR count). The highest BCUT2D eigenvalue weighted by atomic mass is 16.5. The monoisotopic (exact) mass is 378 g/mol. The molecule has 0 saturated heterocycles. The molecule has 0 radical (unpaired) electrons. The maximum atomic E-state index is 12.9. The average molecular weight is 378 g/mol. The van der Waals surface area contributed by atoms with Crippen LogP contribution < -0.4 is 4.74 Å². The van der Waals surface area contributed by atoms with E-state index in [4.69, 9.17) is 4.74 Å². The predicted molar refractivity (Wildman–Crippen MR) is 107 cm³/mol. The maximum Gasteiger partial charge on any atom is 0.348 e. The van der Waals surface area contributed by atoms with Crippen molar-refractivity contribution in [2.45, 2.75) is 51.0 Å². The number of Topliss-reactive ketones (excluding diaryl/α,β-unsaturated/α-hetero) is 1. The zero-order valence-electron chi connectivity index (χ0n) is 16.2. The van der Waals surface area contributed by atoms with Crippen molar-refractivity contribution in [2.24, 2.45) is 11.8 Å². The molecular weight excluding hydrogens is 352 g/mol. The Morgan fingerprint density at radius 2 is 1.86 bits per heavy atom. The number of aryl methyl sites for hydroxylation is 2. The van der Waals surface area contributed by atoms with Crippen molar-refractivity contribution in [2.75, 3.05) is 0 Å². The number of carbonyl (C=O) groups is 2. The molecule has 1 fully saturated rings. The Morgan fingerprint density at radius 3 is 2.61 bits per heavy atom. The number of fused-ring (bicyclic) bond motifs is 1. The van der Waals surface area contributed by atoms with Crippen LogP contribution in [-0.4, -0.2) is 22.5 Å². The molecule has 2 aliphatic carbocycles. The first kappa shape index (κ1) is 18.7. The summed E-state index contributed by atoms with van der Waals surface area (Å²) in [7, 11) is 0. The molecule has 1 saturated carbocycles. The van der Waals surface area contributed by atoms with Gasteiger partial charge in [0.2, 0.25) is 5.60 Å². The molecular formula is C24H26O4. The first-order valence-electron chi connectivity index (χ1n) is 10.1. The van der Waals surface area contributed by atoms with Crippen molar-refractivity contribution in [3.8, 4) is 5.75 Å². The standard InChI is InChI=1S/C24H26O4/c1-16-12-17(13-22(25)20-11-10-18-6-5-7-19(18)14-20)15-24(16,23(26)27)28-21-8-3-2-4-9-21/h2-4,8-11,14,16-17H,5-7,12-13,15H2,1H3,(H,26,27). The molecule has 0 bridgehead atoms. The number of benzene rings is 2. The number of hydrogen-bond acceptors (Lipinski definition) is 3. The number of rotatable bonds is 6. The summed E-state index contributed by atoms with van der Waals surface area (Å²) in [5.74, 6) is -0.440. The summed E-state index contributed by atoms with van der Waals surface area (Å²) in [6.45, 7) is 1.91. The molecule has 0 heterocycles. The smallest absolute Gasteiger partial charge is 0.348 e. The second-order valence-electron chi connectivity index (χ2n) is 8.28. The summed E-state index contributed by atoms with van der Waals surface area (Å²) in [5, 5.41) is 9.96. The van der Waals surface area contributed by atoms with E-state index in [-0.39, 0.29) is 17.6 Å². The lowest BCUT2D eigenvalue weighted by molar-refractivity contribution is -0.158. The highest BCUT2D eigenvalue weighted by Gasteiger charge is 2.53. The fraction of sp³-hybridized carbons (Fsp3) is 0.417. The van der Waals surface area contributed by atoms with Crippen molar-refractivity contribution >= 4 is 11.8 Å². The number of aliphatic carboxylic acids is 1. The van der Waals surface area contributed by atoms with Gasteiger partial charge in [-0.3, -0.25) is 4.79 Å². The Labute approximate surface area is 165 Å². The van der Waals surface area contributed by atoms with Gasteiger partial charge in [0, 0.05) is 24.3 Å². The Morgan fingerprint density at radius 1 is 1.11 bits per heavy atom. The molecule has 28 heavy (non-hydrogen) atoms. The summed E-state index contributed by atoms with van der Waals surface area (Å²) >= 11 is 0. The molecule has 3 atom stereocenters. The Bertz CT molecular complexity index is 889. The van der Waals surface area contributed by atoms with E-state index in [1.165, 1.54) is 11.1 Å². The first-order chi connectivity index (χ1) is 13.5. The molecule has 4 nitrogen and oxygen atoms in total. The molecule has 3 unspecified atom stereocenters. The number of para-hydroxylation sites is 1. The van der Waals surface area contributed by atoms with Crippen LogP contribution in [-0.2, 0) is 17.6 Å². The lowest BCUT2D eigenvalue weighted by Crippen LogP contribution is -2.47. The van der Waals surface area contributed by atoms with E-state index in [2.05, 4.69) is 6.07 Å². The van der Waals surface area contributed by atoms with Gasteiger partial charge in [-0.05, 0) is 60.9 Å². The number of ketones is 1. The third-order valence-corrected chi connectivity index (χ3v) is 6.37. The first-order valence-corrected chi connectivity index (χ1v) is 10.1. The van der Waals surface area contributed by atoms with E-state index in [0.717, 1.165) is 24.8 Å². The van der Waals surface area contributed by atoms with Gasteiger partial charge in [-0.25, -0.2) is 4.79 Å². The quantitative estimate of drug-likeness (QED) is 0.740. The van der Waals surface area contributed by atoms with Crippen LogP contribution in [0.5, 0.6) is 5.75 Å². The van der Waals surface area contributed by atoms with E-state index in [9.17, 15) is 14.7 Å². The van der Waals surface area contributed by atoms with Gasteiger partial charge in [0.15, 0.2) is 5.78 Å². The van der Waals surface area contributed by atoms with Gasteiger partial charge in [0.1, 0.15) is 5.75 Å². The van der Waals surface area contributed by atoms with Crippen LogP contribution in [0, 0.1) is 11.8 Å². The lowest BCUT2D eigenvalue weighted by Gasteiger charge is -2.30. The van der Waals surface area contributed by atoms with Gasteiger partial charge in [0.05, 0.1) is 0 Å². The second kappa shape index (κ2) is 7.42. The third-order valence-electron chi connectivity index (χ3n) is 6.37. The van der Waals surface area contributed by atoms with Crippen LogP contribution in [0.4, 0.5) is 0 Å². The molecule has 2 aliphatic rings. The normalized spacial score (nSPS) is 26.0. The zero-order chi connectivity index (χ0) is 19.7. The van der Waals surface area contributed by atoms with Crippen molar-refractivity contribution in [1.29, 1.82) is 0 Å². The van der Waals surface area contributed by atoms with Crippen molar-refractivity contribution in [3.05, 3.63) is 65.2 Å². The van der Waals surface area contributed by atoms with Crippen LogP contribution >= 0.6 is 0 Å². The van der Waals surface area contributed by atoms with Crippen LogP contribution in [0.15, 0.2) is 48.5 Å². The van der Waals surface area contributed by atoms with Crippen molar-refractivity contribution in [1.82, 2.24) is 0 Å². The van der Waals surface area contributed by atoms with Gasteiger partial charge >= 0.3 is 5.97 Å². The molecule has 146 valence electrons. The average Bonchev–Trinajstić information content (AvgIpc) is 3.27. The minimum atomic E-state index is -1.27. The fourth-order valence-electron chi connectivity index (χ4n) is 4.87. The molecule has 0 amide bonds.